The van der Waals surface area contributed by atoms with Crippen LogP contribution in [-0.4, -0.2) is 24.6 Å². The zero-order valence-electron chi connectivity index (χ0n) is 15.0. The molecule has 0 spiro atoms. The van der Waals surface area contributed by atoms with Crippen LogP contribution >= 0.6 is 0 Å². The Balaban J connectivity index is 1.79. The van der Waals surface area contributed by atoms with Crippen molar-refractivity contribution in [2.75, 3.05) is 18.2 Å². The molecule has 28 heavy (non-hydrogen) atoms. The Labute approximate surface area is 160 Å². The number of hydrogen-bond acceptors (Lipinski definition) is 5. The summed E-state index contributed by atoms with van der Waals surface area (Å²) in [7, 11) is 1.51. The molecular formula is C22H16N2O4. The number of ketones is 2. The van der Waals surface area contributed by atoms with E-state index in [1.165, 1.54) is 19.2 Å². The number of nitrogen functional groups attached to an aromatic ring is 1. The summed E-state index contributed by atoms with van der Waals surface area (Å²) in [5, 5.41) is 2.72. The van der Waals surface area contributed by atoms with Crippen LogP contribution in [0.5, 0.6) is 5.75 Å². The molecule has 3 aromatic carbocycles. The Morgan fingerprint density at radius 2 is 1.57 bits per heavy atom. The van der Waals surface area contributed by atoms with Gasteiger partial charge < -0.3 is 15.8 Å². The van der Waals surface area contributed by atoms with Crippen LogP contribution in [0, 0.1) is 0 Å². The third-order valence-corrected chi connectivity index (χ3v) is 4.69. The highest BCUT2D eigenvalue weighted by molar-refractivity contribution is 6.32. The van der Waals surface area contributed by atoms with E-state index in [-0.39, 0.29) is 34.1 Å². The highest BCUT2D eigenvalue weighted by atomic mass is 16.5. The van der Waals surface area contributed by atoms with Gasteiger partial charge in [0.25, 0.3) is 5.91 Å². The molecular weight excluding hydrogens is 356 g/mol. The number of hydrogen-bond donors (Lipinski definition) is 2. The van der Waals surface area contributed by atoms with Crippen LogP contribution in [0.15, 0.2) is 60.7 Å². The molecule has 1 aliphatic rings. The Morgan fingerprint density at radius 3 is 2.25 bits per heavy atom. The predicted octanol–water partition coefficient (Wildman–Crippen LogP) is 3.31. The van der Waals surface area contributed by atoms with Gasteiger partial charge in [0, 0.05) is 22.4 Å². The third kappa shape index (κ3) is 2.72. The summed E-state index contributed by atoms with van der Waals surface area (Å²) >= 11 is 0. The number of benzene rings is 3. The molecule has 3 N–H and O–H groups in total. The smallest absolute Gasteiger partial charge is 0.255 e. The molecule has 0 aromatic heterocycles. The lowest BCUT2D eigenvalue weighted by Crippen LogP contribution is -2.25. The molecule has 4 rings (SSSR count). The van der Waals surface area contributed by atoms with E-state index in [2.05, 4.69) is 5.32 Å². The van der Waals surface area contributed by atoms with Gasteiger partial charge in [0.1, 0.15) is 5.75 Å². The van der Waals surface area contributed by atoms with Crippen molar-refractivity contribution in [3.8, 4) is 5.75 Å². The largest absolute Gasteiger partial charge is 0.497 e. The van der Waals surface area contributed by atoms with E-state index in [1.807, 2.05) is 0 Å². The minimum absolute atomic E-state index is 0.111. The molecule has 0 unspecified atom stereocenters. The lowest BCUT2D eigenvalue weighted by Gasteiger charge is -2.21. The number of nitrogens with two attached hydrogens (primary N) is 1. The highest BCUT2D eigenvalue weighted by Gasteiger charge is 2.33. The van der Waals surface area contributed by atoms with E-state index < -0.39 is 5.91 Å². The molecule has 0 atom stereocenters. The zero-order valence-corrected chi connectivity index (χ0v) is 15.0. The minimum atomic E-state index is -0.426. The minimum Gasteiger partial charge on any atom is -0.497 e. The van der Waals surface area contributed by atoms with Crippen molar-refractivity contribution in [1.82, 2.24) is 0 Å². The molecule has 3 aromatic rings. The second kappa shape index (κ2) is 6.66. The molecule has 0 saturated carbocycles. The van der Waals surface area contributed by atoms with Gasteiger partial charge in [-0.25, -0.2) is 0 Å². The number of nitrogens with one attached hydrogen (secondary N) is 1. The van der Waals surface area contributed by atoms with Crippen molar-refractivity contribution in [3.05, 3.63) is 88.5 Å². The first-order valence-electron chi connectivity index (χ1n) is 8.57. The summed E-state index contributed by atoms with van der Waals surface area (Å²) in [6.45, 7) is 0. The molecule has 6 heteroatoms. The van der Waals surface area contributed by atoms with Crippen LogP contribution in [0.25, 0.3) is 0 Å². The normalized spacial score (nSPS) is 12.2. The summed E-state index contributed by atoms with van der Waals surface area (Å²) in [5.41, 5.74) is 7.63. The molecule has 0 fully saturated rings. The molecule has 0 heterocycles. The molecule has 1 amide bonds. The number of fused-ring (bicyclic) bond motifs is 2. The first-order chi connectivity index (χ1) is 13.5. The van der Waals surface area contributed by atoms with Gasteiger partial charge in [0.15, 0.2) is 11.6 Å². The first-order valence-corrected chi connectivity index (χ1v) is 8.57. The standard InChI is InChI=1S/C22H16N2O4/c1-28-13-6-4-5-12(11-13)22(27)24-17-10-9-16(23)18-19(17)21(26)15-8-3-2-7-14(15)20(18)25/h2-11H,23H2,1H3,(H,24,27). The Hall–Kier alpha value is -3.93. The summed E-state index contributed by atoms with van der Waals surface area (Å²) < 4.78 is 5.14. The molecule has 0 radical (unpaired) electrons. The highest BCUT2D eigenvalue weighted by Crippen LogP contribution is 2.35. The van der Waals surface area contributed by atoms with E-state index >= 15 is 0 Å². The van der Waals surface area contributed by atoms with Crippen molar-refractivity contribution in [2.45, 2.75) is 0 Å². The number of carbonyl (C=O) groups is 3. The van der Waals surface area contributed by atoms with Crippen LogP contribution in [0.2, 0.25) is 0 Å². The number of anilines is 2. The SMILES string of the molecule is COc1cccc(C(=O)Nc2ccc(N)c3c2C(=O)c2ccccc2C3=O)c1. The third-order valence-electron chi connectivity index (χ3n) is 4.69. The number of ether oxygens (including phenoxy) is 1. The number of rotatable bonds is 3. The van der Waals surface area contributed by atoms with Gasteiger partial charge in [0.05, 0.1) is 23.9 Å². The van der Waals surface area contributed by atoms with Gasteiger partial charge in [-0.3, -0.25) is 14.4 Å². The van der Waals surface area contributed by atoms with Gasteiger partial charge in [-0.2, -0.15) is 0 Å². The lowest BCUT2D eigenvalue weighted by atomic mass is 9.82. The molecule has 0 saturated heterocycles. The summed E-state index contributed by atoms with van der Waals surface area (Å²) in [4.78, 5) is 38.7. The summed E-state index contributed by atoms with van der Waals surface area (Å²) in [5.74, 6) is -0.573. The Morgan fingerprint density at radius 1 is 0.893 bits per heavy atom. The number of methoxy groups -OCH3 is 1. The maximum Gasteiger partial charge on any atom is 0.255 e. The van der Waals surface area contributed by atoms with Crippen molar-refractivity contribution in [1.29, 1.82) is 0 Å². The van der Waals surface area contributed by atoms with Crippen LogP contribution < -0.4 is 15.8 Å². The summed E-state index contributed by atoms with van der Waals surface area (Å²) in [6, 6.07) is 16.2. The fourth-order valence-electron chi connectivity index (χ4n) is 3.31. The Kier molecular flexibility index (Phi) is 4.16. The zero-order chi connectivity index (χ0) is 19.8. The van der Waals surface area contributed by atoms with Crippen LogP contribution in [0.3, 0.4) is 0 Å². The quantitative estimate of drug-likeness (QED) is 0.538. The molecule has 6 nitrogen and oxygen atoms in total. The maximum atomic E-state index is 13.1. The van der Waals surface area contributed by atoms with Gasteiger partial charge in [-0.15, -0.1) is 0 Å². The lowest BCUT2D eigenvalue weighted by molar-refractivity contribution is 0.0979. The van der Waals surface area contributed by atoms with E-state index in [4.69, 9.17) is 10.5 Å². The van der Waals surface area contributed by atoms with Crippen LogP contribution in [0.4, 0.5) is 11.4 Å². The van der Waals surface area contributed by atoms with E-state index in [1.54, 1.807) is 48.5 Å². The summed E-state index contributed by atoms with van der Waals surface area (Å²) in [6.07, 6.45) is 0. The fraction of sp³-hybridized carbons (Fsp3) is 0.0455. The molecule has 1 aliphatic carbocycles. The van der Waals surface area contributed by atoms with E-state index in [0.29, 0.717) is 22.4 Å². The average molecular weight is 372 g/mol. The van der Waals surface area contributed by atoms with Gasteiger partial charge in [-0.1, -0.05) is 30.3 Å². The number of carbonyl (C=O) groups excluding carboxylic acids is 3. The topological polar surface area (TPSA) is 98.5 Å². The van der Waals surface area contributed by atoms with Crippen molar-refractivity contribution >= 4 is 28.8 Å². The van der Waals surface area contributed by atoms with Crippen LogP contribution in [0.1, 0.15) is 42.2 Å². The molecule has 0 aliphatic heterocycles. The first kappa shape index (κ1) is 17.5. The van der Waals surface area contributed by atoms with Crippen molar-refractivity contribution in [3.63, 3.8) is 0 Å². The van der Waals surface area contributed by atoms with Crippen molar-refractivity contribution < 1.29 is 19.1 Å². The Bertz CT molecular complexity index is 1150. The molecule has 0 bridgehead atoms. The number of amides is 1. The average Bonchev–Trinajstić information content (AvgIpc) is 2.73. The van der Waals surface area contributed by atoms with Gasteiger partial charge >= 0.3 is 0 Å². The predicted molar refractivity (Wildman–Crippen MR) is 105 cm³/mol. The van der Waals surface area contributed by atoms with Crippen LogP contribution in [-0.2, 0) is 0 Å². The van der Waals surface area contributed by atoms with Gasteiger partial charge in [-0.05, 0) is 30.3 Å². The monoisotopic (exact) mass is 372 g/mol. The second-order valence-electron chi connectivity index (χ2n) is 6.34. The second-order valence-corrected chi connectivity index (χ2v) is 6.34. The van der Waals surface area contributed by atoms with E-state index in [9.17, 15) is 14.4 Å². The fourth-order valence-corrected chi connectivity index (χ4v) is 3.31. The maximum absolute atomic E-state index is 13.1. The molecule has 138 valence electrons. The van der Waals surface area contributed by atoms with Gasteiger partial charge in [0.2, 0.25) is 0 Å². The van der Waals surface area contributed by atoms with Crippen molar-refractivity contribution in [2.24, 2.45) is 0 Å². The van der Waals surface area contributed by atoms with E-state index in [0.717, 1.165) is 0 Å².